The second kappa shape index (κ2) is 11.0. The molecule has 1 saturated heterocycles. The van der Waals surface area contributed by atoms with Crippen LogP contribution < -0.4 is 10.5 Å². The average Bonchev–Trinajstić information content (AvgIpc) is 2.93. The molecule has 0 bridgehead atoms. The van der Waals surface area contributed by atoms with Crippen LogP contribution in [0.1, 0.15) is 33.1 Å². The van der Waals surface area contributed by atoms with E-state index >= 15 is 0 Å². The Morgan fingerprint density at radius 3 is 2.20 bits per heavy atom. The molecule has 0 unspecified atom stereocenters. The fraction of sp³-hybridized carbons (Fsp3) is 0.750. The summed E-state index contributed by atoms with van der Waals surface area (Å²) in [5, 5.41) is 36.6. The Hall–Kier alpha value is -0.665. The maximum atomic E-state index is 9.34. The number of thiazole rings is 1. The first-order chi connectivity index (χ1) is 9.58. The number of rotatable bonds is 2. The van der Waals surface area contributed by atoms with Gasteiger partial charge >= 0.3 is 7.12 Å². The third kappa shape index (κ3) is 6.67. The molecule has 0 saturated carbocycles. The average molecular weight is 304 g/mol. The summed E-state index contributed by atoms with van der Waals surface area (Å²) in [6.07, 6.45) is 2.54. The highest BCUT2D eigenvalue weighted by Crippen LogP contribution is 2.21. The van der Waals surface area contributed by atoms with Crippen molar-refractivity contribution in [2.45, 2.75) is 39.2 Å². The first-order valence-electron chi connectivity index (χ1n) is 6.77. The molecular formula is C12H25BN2O4S. The van der Waals surface area contributed by atoms with Gasteiger partial charge in [-0.2, -0.15) is 0 Å². The number of hydrogen-bond donors (Lipinski definition) is 4. The van der Waals surface area contributed by atoms with Crippen LogP contribution in [0.5, 0.6) is 0 Å². The van der Waals surface area contributed by atoms with E-state index in [4.69, 9.17) is 15.2 Å². The summed E-state index contributed by atoms with van der Waals surface area (Å²) in [7, 11) is -0.495. The van der Waals surface area contributed by atoms with E-state index in [1.807, 2.05) is 0 Å². The second-order valence-electron chi connectivity index (χ2n) is 4.35. The number of nitrogens with zero attached hydrogens (tertiary/aromatic N) is 2. The Bertz CT molecular complexity index is 344. The minimum absolute atomic E-state index is 0.205. The molecule has 1 aliphatic rings. The lowest BCUT2D eigenvalue weighted by Crippen LogP contribution is -2.37. The van der Waals surface area contributed by atoms with Crippen molar-refractivity contribution in [3.63, 3.8) is 0 Å². The molecule has 2 rings (SSSR count). The van der Waals surface area contributed by atoms with Crippen LogP contribution in [0.2, 0.25) is 0 Å². The Morgan fingerprint density at radius 1 is 1.30 bits per heavy atom. The van der Waals surface area contributed by atoms with E-state index in [1.54, 1.807) is 5.38 Å². The topological polar surface area (TPSA) is 97.0 Å². The smallest absolute Gasteiger partial charge is 0.422 e. The van der Waals surface area contributed by atoms with Crippen molar-refractivity contribution in [3.05, 3.63) is 5.38 Å². The van der Waals surface area contributed by atoms with E-state index in [0.717, 1.165) is 38.2 Å². The number of anilines is 1. The van der Waals surface area contributed by atoms with Crippen molar-refractivity contribution < 1.29 is 20.3 Å². The minimum atomic E-state index is -1.50. The van der Waals surface area contributed by atoms with E-state index in [-0.39, 0.29) is 6.10 Å². The van der Waals surface area contributed by atoms with Crippen molar-refractivity contribution in [3.8, 4) is 0 Å². The molecule has 0 aromatic carbocycles. The van der Waals surface area contributed by atoms with E-state index in [0.29, 0.717) is 5.59 Å². The standard InChI is InChI=1S/C8H13BN2O3S.C3H8.CH4O/c12-6-1-3-11(4-2-6)8-10-7(5-15-8)9(13)14;1-3-2;1-2/h5-6,12-14H,1-4H2;3H2,1-2H3;2H,1H3. The number of aliphatic hydroxyl groups excluding tert-OH is 2. The van der Waals surface area contributed by atoms with Crippen molar-refractivity contribution in [1.82, 2.24) is 4.98 Å². The van der Waals surface area contributed by atoms with Crippen LogP contribution in [0.15, 0.2) is 5.38 Å². The molecule has 0 aliphatic carbocycles. The summed E-state index contributed by atoms with van der Waals surface area (Å²) >= 11 is 1.40. The van der Waals surface area contributed by atoms with Crippen LogP contribution >= 0.6 is 11.3 Å². The van der Waals surface area contributed by atoms with Crippen molar-refractivity contribution in [2.24, 2.45) is 0 Å². The first-order valence-corrected chi connectivity index (χ1v) is 7.65. The van der Waals surface area contributed by atoms with E-state index in [9.17, 15) is 5.11 Å². The molecule has 4 N–H and O–H groups in total. The summed E-state index contributed by atoms with van der Waals surface area (Å²) in [4.78, 5) is 6.18. The summed E-state index contributed by atoms with van der Waals surface area (Å²) < 4.78 is 0. The molecule has 116 valence electrons. The van der Waals surface area contributed by atoms with Gasteiger partial charge in [-0.25, -0.2) is 4.98 Å². The van der Waals surface area contributed by atoms with E-state index in [2.05, 4.69) is 23.7 Å². The molecule has 20 heavy (non-hydrogen) atoms. The van der Waals surface area contributed by atoms with Gasteiger partial charge in [-0.15, -0.1) is 11.3 Å². The Morgan fingerprint density at radius 2 is 1.80 bits per heavy atom. The Kier molecular flexibility index (Phi) is 10.7. The summed E-state index contributed by atoms with van der Waals surface area (Å²) in [6, 6.07) is 0. The Balaban J connectivity index is 0.000000641. The maximum absolute atomic E-state index is 9.34. The van der Waals surface area contributed by atoms with Gasteiger partial charge in [0, 0.05) is 25.6 Å². The molecule has 0 radical (unpaired) electrons. The van der Waals surface area contributed by atoms with Crippen LogP contribution in [0, 0.1) is 0 Å². The van der Waals surface area contributed by atoms with Crippen molar-refractivity contribution in [2.75, 3.05) is 25.1 Å². The van der Waals surface area contributed by atoms with Gasteiger partial charge in [-0.3, -0.25) is 0 Å². The fourth-order valence-electron chi connectivity index (χ4n) is 1.60. The molecule has 1 fully saturated rings. The zero-order valence-electron chi connectivity index (χ0n) is 12.4. The lowest BCUT2D eigenvalue weighted by atomic mass is 9.88. The molecule has 1 aliphatic heterocycles. The second-order valence-corrected chi connectivity index (χ2v) is 5.19. The van der Waals surface area contributed by atoms with Gasteiger partial charge in [-0.05, 0) is 12.8 Å². The zero-order chi connectivity index (χ0) is 15.5. The number of aromatic nitrogens is 1. The molecule has 6 nitrogen and oxygen atoms in total. The van der Waals surface area contributed by atoms with Crippen LogP contribution in [0.25, 0.3) is 0 Å². The number of piperidine rings is 1. The first kappa shape index (κ1) is 19.3. The molecular weight excluding hydrogens is 279 g/mol. The van der Waals surface area contributed by atoms with Gasteiger partial charge in [0.25, 0.3) is 0 Å². The normalized spacial score (nSPS) is 14.8. The third-order valence-corrected chi connectivity index (χ3v) is 3.43. The monoisotopic (exact) mass is 304 g/mol. The van der Waals surface area contributed by atoms with Crippen LogP contribution in [0.4, 0.5) is 5.13 Å². The van der Waals surface area contributed by atoms with Gasteiger partial charge in [0.1, 0.15) is 0 Å². The van der Waals surface area contributed by atoms with Crippen molar-refractivity contribution in [1.29, 1.82) is 0 Å². The van der Waals surface area contributed by atoms with Gasteiger partial charge in [0.05, 0.1) is 11.7 Å². The van der Waals surface area contributed by atoms with Crippen LogP contribution in [-0.4, -0.2) is 58.7 Å². The quantitative estimate of drug-likeness (QED) is 0.566. The highest BCUT2D eigenvalue weighted by molar-refractivity contribution is 7.14. The predicted octanol–water partition coefficient (Wildman–Crippen LogP) is -0.191. The lowest BCUT2D eigenvalue weighted by Gasteiger charge is -2.29. The summed E-state index contributed by atoms with van der Waals surface area (Å²) in [6.45, 7) is 5.80. The maximum Gasteiger partial charge on any atom is 0.509 e. The molecule has 1 aromatic heterocycles. The number of aliphatic hydroxyl groups is 2. The lowest BCUT2D eigenvalue weighted by molar-refractivity contribution is 0.145. The summed E-state index contributed by atoms with van der Waals surface area (Å²) in [5.74, 6) is 0. The SMILES string of the molecule is CCC.CO.OB(O)c1csc(N2CCC(O)CC2)n1. The van der Waals surface area contributed by atoms with Crippen molar-refractivity contribution >= 4 is 29.2 Å². The largest absolute Gasteiger partial charge is 0.509 e. The molecule has 1 aromatic rings. The minimum Gasteiger partial charge on any atom is -0.422 e. The summed E-state index contributed by atoms with van der Waals surface area (Å²) in [5.41, 5.74) is 0.293. The zero-order valence-corrected chi connectivity index (χ0v) is 13.2. The molecule has 0 atom stereocenters. The highest BCUT2D eigenvalue weighted by atomic mass is 32.1. The van der Waals surface area contributed by atoms with Gasteiger partial charge in [0.2, 0.25) is 0 Å². The fourth-order valence-corrected chi connectivity index (χ4v) is 2.49. The van der Waals surface area contributed by atoms with Gasteiger partial charge < -0.3 is 25.2 Å². The van der Waals surface area contributed by atoms with Gasteiger partial charge in [-0.1, -0.05) is 20.3 Å². The van der Waals surface area contributed by atoms with Crippen LogP contribution in [0.3, 0.4) is 0 Å². The van der Waals surface area contributed by atoms with E-state index in [1.165, 1.54) is 17.8 Å². The van der Waals surface area contributed by atoms with Gasteiger partial charge in [0.15, 0.2) is 5.13 Å². The highest BCUT2D eigenvalue weighted by Gasteiger charge is 2.21. The molecule has 0 amide bonds. The molecule has 0 spiro atoms. The molecule has 8 heteroatoms. The predicted molar refractivity (Wildman–Crippen MR) is 83.5 cm³/mol. The Labute approximate surface area is 124 Å². The van der Waals surface area contributed by atoms with Crippen LogP contribution in [-0.2, 0) is 0 Å². The third-order valence-electron chi connectivity index (χ3n) is 2.51. The number of hydrogen-bond acceptors (Lipinski definition) is 7. The van der Waals surface area contributed by atoms with E-state index < -0.39 is 7.12 Å². The molecule has 2 heterocycles.